The molecule has 0 bridgehead atoms. The summed E-state index contributed by atoms with van der Waals surface area (Å²) in [5.74, 6) is -0.334. The van der Waals surface area contributed by atoms with Gasteiger partial charge in [-0.1, -0.05) is 48.0 Å². The van der Waals surface area contributed by atoms with E-state index >= 15 is 0 Å². The summed E-state index contributed by atoms with van der Waals surface area (Å²) in [4.78, 5) is 26.2. The SMILES string of the molecule is C=CCN1C(=O)/C(=C/c2cc(Cl)c(OCc3ccccc3)c(OC)c2)C(=O)NC1=S. The number of methoxy groups -OCH3 is 1. The van der Waals surface area contributed by atoms with Crippen LogP contribution in [0.15, 0.2) is 60.7 Å². The van der Waals surface area contributed by atoms with Gasteiger partial charge in [0, 0.05) is 6.54 Å². The number of amides is 2. The molecule has 0 unspecified atom stereocenters. The molecule has 8 heteroatoms. The van der Waals surface area contributed by atoms with E-state index < -0.39 is 11.8 Å². The number of ether oxygens (including phenoxy) is 2. The number of nitrogens with one attached hydrogen (secondary N) is 1. The highest BCUT2D eigenvalue weighted by Crippen LogP contribution is 2.37. The maximum atomic E-state index is 12.7. The highest BCUT2D eigenvalue weighted by atomic mass is 35.5. The largest absolute Gasteiger partial charge is 0.493 e. The van der Waals surface area contributed by atoms with Crippen molar-refractivity contribution in [2.75, 3.05) is 13.7 Å². The lowest BCUT2D eigenvalue weighted by molar-refractivity contribution is -0.128. The molecule has 0 saturated carbocycles. The van der Waals surface area contributed by atoms with Crippen LogP contribution < -0.4 is 14.8 Å². The van der Waals surface area contributed by atoms with Crippen molar-refractivity contribution in [3.8, 4) is 11.5 Å². The lowest BCUT2D eigenvalue weighted by atomic mass is 10.1. The molecule has 30 heavy (non-hydrogen) atoms. The van der Waals surface area contributed by atoms with Crippen LogP contribution in [-0.2, 0) is 16.2 Å². The van der Waals surface area contributed by atoms with Crippen molar-refractivity contribution >= 4 is 46.8 Å². The van der Waals surface area contributed by atoms with E-state index in [1.54, 1.807) is 12.1 Å². The minimum Gasteiger partial charge on any atom is -0.493 e. The molecule has 2 amide bonds. The van der Waals surface area contributed by atoms with Gasteiger partial charge in [-0.2, -0.15) is 0 Å². The second-order valence-corrected chi connectivity index (χ2v) is 7.12. The Hall–Kier alpha value is -3.16. The maximum Gasteiger partial charge on any atom is 0.265 e. The van der Waals surface area contributed by atoms with Gasteiger partial charge in [-0.05, 0) is 41.6 Å². The Morgan fingerprint density at radius 2 is 1.97 bits per heavy atom. The highest BCUT2D eigenvalue weighted by molar-refractivity contribution is 7.80. The van der Waals surface area contributed by atoms with Crippen LogP contribution in [0.4, 0.5) is 0 Å². The van der Waals surface area contributed by atoms with Crippen LogP contribution in [0.5, 0.6) is 11.5 Å². The van der Waals surface area contributed by atoms with Crippen LogP contribution in [0.2, 0.25) is 5.02 Å². The van der Waals surface area contributed by atoms with Gasteiger partial charge in [-0.3, -0.25) is 19.8 Å². The summed E-state index contributed by atoms with van der Waals surface area (Å²) in [6.07, 6.45) is 2.96. The number of nitrogens with zero attached hydrogens (tertiary/aromatic N) is 1. The van der Waals surface area contributed by atoms with E-state index in [1.165, 1.54) is 24.2 Å². The molecule has 1 fully saturated rings. The van der Waals surface area contributed by atoms with Gasteiger partial charge in [0.2, 0.25) is 0 Å². The predicted molar refractivity (Wildman–Crippen MR) is 119 cm³/mol. The summed E-state index contributed by atoms with van der Waals surface area (Å²) in [5.41, 5.74) is 1.42. The molecule has 1 N–H and O–H groups in total. The molecule has 1 saturated heterocycles. The maximum absolute atomic E-state index is 12.7. The third kappa shape index (κ3) is 4.69. The normalized spacial score (nSPS) is 15.2. The average molecular weight is 443 g/mol. The minimum atomic E-state index is -0.579. The Kier molecular flexibility index (Phi) is 6.87. The lowest BCUT2D eigenvalue weighted by Gasteiger charge is -2.27. The van der Waals surface area contributed by atoms with Crippen LogP contribution in [0.3, 0.4) is 0 Å². The fourth-order valence-corrected chi connectivity index (χ4v) is 3.37. The Labute approximate surface area is 184 Å². The van der Waals surface area contributed by atoms with Crippen LogP contribution in [0, 0.1) is 0 Å². The first kappa shape index (κ1) is 21.5. The van der Waals surface area contributed by atoms with Crippen molar-refractivity contribution in [3.63, 3.8) is 0 Å². The van der Waals surface area contributed by atoms with Crippen LogP contribution in [-0.4, -0.2) is 35.5 Å². The molecule has 0 radical (unpaired) electrons. The van der Waals surface area contributed by atoms with E-state index in [0.717, 1.165) is 5.56 Å². The molecule has 0 spiro atoms. The van der Waals surface area contributed by atoms with Crippen molar-refractivity contribution < 1.29 is 19.1 Å². The van der Waals surface area contributed by atoms with Gasteiger partial charge in [0.1, 0.15) is 12.2 Å². The van der Waals surface area contributed by atoms with Crippen LogP contribution in [0.25, 0.3) is 6.08 Å². The highest BCUT2D eigenvalue weighted by Gasteiger charge is 2.32. The topological polar surface area (TPSA) is 67.9 Å². The molecule has 6 nitrogen and oxygen atoms in total. The van der Waals surface area contributed by atoms with Gasteiger partial charge in [0.15, 0.2) is 16.6 Å². The number of thiocarbonyl (C=S) groups is 1. The zero-order chi connectivity index (χ0) is 21.7. The summed E-state index contributed by atoms with van der Waals surface area (Å²) in [5, 5.41) is 2.84. The van der Waals surface area contributed by atoms with Gasteiger partial charge in [0.25, 0.3) is 11.8 Å². The van der Waals surface area contributed by atoms with Gasteiger partial charge >= 0.3 is 0 Å². The van der Waals surface area contributed by atoms with Crippen LogP contribution in [0.1, 0.15) is 11.1 Å². The molecule has 154 valence electrons. The molecule has 0 aromatic heterocycles. The van der Waals surface area contributed by atoms with E-state index in [1.807, 2.05) is 30.3 Å². The third-order valence-corrected chi connectivity index (χ3v) is 4.89. The second kappa shape index (κ2) is 9.56. The Morgan fingerprint density at radius 3 is 2.63 bits per heavy atom. The number of halogens is 1. The fraction of sp³-hybridized carbons (Fsp3) is 0.136. The zero-order valence-electron chi connectivity index (χ0n) is 16.2. The molecule has 0 atom stereocenters. The van der Waals surface area contributed by atoms with Crippen molar-refractivity contribution in [1.82, 2.24) is 10.2 Å². The summed E-state index contributed by atoms with van der Waals surface area (Å²) < 4.78 is 11.2. The van der Waals surface area contributed by atoms with E-state index in [4.69, 9.17) is 33.3 Å². The van der Waals surface area contributed by atoms with E-state index in [2.05, 4.69) is 11.9 Å². The lowest BCUT2D eigenvalue weighted by Crippen LogP contribution is -2.53. The number of hydrogen-bond acceptors (Lipinski definition) is 5. The summed E-state index contributed by atoms with van der Waals surface area (Å²) in [6.45, 7) is 4.10. The number of carbonyl (C=O) groups excluding carboxylic acids is 2. The first-order valence-corrected chi connectivity index (χ1v) is 9.77. The summed E-state index contributed by atoms with van der Waals surface area (Å²) >= 11 is 11.5. The van der Waals surface area contributed by atoms with Gasteiger partial charge < -0.3 is 9.47 Å². The Balaban J connectivity index is 1.90. The summed E-state index contributed by atoms with van der Waals surface area (Å²) in [6, 6.07) is 12.9. The molecule has 2 aromatic rings. The molecule has 2 aromatic carbocycles. The van der Waals surface area contributed by atoms with Gasteiger partial charge in [-0.25, -0.2) is 0 Å². The summed E-state index contributed by atoms with van der Waals surface area (Å²) in [7, 11) is 1.49. The molecule has 1 aliphatic rings. The first-order chi connectivity index (χ1) is 14.4. The van der Waals surface area contributed by atoms with E-state index in [0.29, 0.717) is 28.7 Å². The molecule has 1 heterocycles. The van der Waals surface area contributed by atoms with Gasteiger partial charge in [-0.15, -0.1) is 6.58 Å². The number of rotatable bonds is 7. The fourth-order valence-electron chi connectivity index (χ4n) is 2.85. The first-order valence-electron chi connectivity index (χ1n) is 8.98. The smallest absolute Gasteiger partial charge is 0.265 e. The number of benzene rings is 2. The average Bonchev–Trinajstić information content (AvgIpc) is 2.73. The molecule has 3 rings (SSSR count). The van der Waals surface area contributed by atoms with Crippen molar-refractivity contribution in [3.05, 3.63) is 76.8 Å². The monoisotopic (exact) mass is 442 g/mol. The molecular formula is C22H19ClN2O4S. The molecule has 0 aliphatic carbocycles. The quantitative estimate of drug-likeness (QED) is 0.306. The standard InChI is InChI=1S/C22H19ClN2O4S/c1-3-9-25-21(27)16(20(26)24-22(25)30)10-15-11-17(23)19(18(12-15)28-2)29-13-14-7-5-4-6-8-14/h3-8,10-12H,1,9,13H2,2H3,(H,24,26,30)/b16-10+. The molecular weight excluding hydrogens is 424 g/mol. The third-order valence-electron chi connectivity index (χ3n) is 4.29. The minimum absolute atomic E-state index is 0.0438. The zero-order valence-corrected chi connectivity index (χ0v) is 17.8. The predicted octanol–water partition coefficient (Wildman–Crippen LogP) is 3.74. The molecule has 1 aliphatic heterocycles. The Bertz CT molecular complexity index is 1040. The Morgan fingerprint density at radius 1 is 1.23 bits per heavy atom. The second-order valence-electron chi connectivity index (χ2n) is 6.33. The number of hydrogen-bond donors (Lipinski definition) is 1. The van der Waals surface area contributed by atoms with Crippen molar-refractivity contribution in [2.24, 2.45) is 0 Å². The van der Waals surface area contributed by atoms with Crippen LogP contribution >= 0.6 is 23.8 Å². The van der Waals surface area contributed by atoms with Crippen molar-refractivity contribution in [1.29, 1.82) is 0 Å². The van der Waals surface area contributed by atoms with Gasteiger partial charge in [0.05, 0.1) is 12.1 Å². The van der Waals surface area contributed by atoms with E-state index in [-0.39, 0.29) is 17.2 Å². The van der Waals surface area contributed by atoms with Crippen molar-refractivity contribution in [2.45, 2.75) is 6.61 Å². The van der Waals surface area contributed by atoms with E-state index in [9.17, 15) is 9.59 Å². The number of carbonyl (C=O) groups is 2.